The highest BCUT2D eigenvalue weighted by molar-refractivity contribution is 5.98. The summed E-state index contributed by atoms with van der Waals surface area (Å²) in [4.78, 5) is 12.6. The van der Waals surface area contributed by atoms with Crippen molar-refractivity contribution in [3.05, 3.63) is 47.3 Å². The number of aryl methyl sites for hydroxylation is 1. The molecule has 0 bridgehead atoms. The standard InChI is InChI=1S/C20H27NO3/c1-14(2)10-11-21-15(3)12-17(16(21)4)18(22)13-24-20-9-7-6-8-19(20)23-5/h6-9,12,14H,10-11,13H2,1-5H3. The van der Waals surface area contributed by atoms with Crippen molar-refractivity contribution in [1.29, 1.82) is 0 Å². The molecule has 24 heavy (non-hydrogen) atoms. The van der Waals surface area contributed by atoms with Crippen LogP contribution in [-0.2, 0) is 6.54 Å². The average molecular weight is 329 g/mol. The third-order valence-electron chi connectivity index (χ3n) is 4.23. The molecule has 4 heteroatoms. The van der Waals surface area contributed by atoms with E-state index in [1.807, 2.05) is 38.1 Å². The highest BCUT2D eigenvalue weighted by Gasteiger charge is 2.17. The summed E-state index contributed by atoms with van der Waals surface area (Å²) in [5.74, 6) is 1.85. The van der Waals surface area contributed by atoms with Crippen LogP contribution in [0.15, 0.2) is 30.3 Å². The summed E-state index contributed by atoms with van der Waals surface area (Å²) < 4.78 is 13.1. The van der Waals surface area contributed by atoms with Crippen molar-refractivity contribution in [3.63, 3.8) is 0 Å². The number of benzene rings is 1. The van der Waals surface area contributed by atoms with Crippen LogP contribution in [-0.4, -0.2) is 24.1 Å². The molecule has 0 fully saturated rings. The van der Waals surface area contributed by atoms with Crippen LogP contribution in [0.4, 0.5) is 0 Å². The Bertz CT molecular complexity index is 701. The Labute approximate surface area is 144 Å². The molecule has 0 aliphatic heterocycles. The smallest absolute Gasteiger partial charge is 0.202 e. The monoisotopic (exact) mass is 329 g/mol. The van der Waals surface area contributed by atoms with Crippen LogP contribution in [0.3, 0.4) is 0 Å². The van der Waals surface area contributed by atoms with Crippen LogP contribution in [0, 0.1) is 19.8 Å². The van der Waals surface area contributed by atoms with E-state index in [2.05, 4.69) is 18.4 Å². The number of nitrogens with zero attached hydrogens (tertiary/aromatic N) is 1. The van der Waals surface area contributed by atoms with Crippen LogP contribution < -0.4 is 9.47 Å². The van der Waals surface area contributed by atoms with Crippen molar-refractivity contribution >= 4 is 5.78 Å². The lowest BCUT2D eigenvalue weighted by Crippen LogP contribution is -2.13. The minimum Gasteiger partial charge on any atom is -0.493 e. The van der Waals surface area contributed by atoms with Gasteiger partial charge in [0.25, 0.3) is 0 Å². The van der Waals surface area contributed by atoms with Crippen LogP contribution in [0.5, 0.6) is 11.5 Å². The number of ether oxygens (including phenoxy) is 2. The molecule has 0 unspecified atom stereocenters. The average Bonchev–Trinajstić information content (AvgIpc) is 2.85. The second kappa shape index (κ2) is 8.04. The highest BCUT2D eigenvalue weighted by Crippen LogP contribution is 2.26. The van der Waals surface area contributed by atoms with E-state index in [0.717, 1.165) is 29.9 Å². The van der Waals surface area contributed by atoms with Crippen molar-refractivity contribution in [2.24, 2.45) is 5.92 Å². The van der Waals surface area contributed by atoms with E-state index in [9.17, 15) is 4.79 Å². The van der Waals surface area contributed by atoms with E-state index in [4.69, 9.17) is 9.47 Å². The Balaban J connectivity index is 2.08. The van der Waals surface area contributed by atoms with Crippen LogP contribution in [0.25, 0.3) is 0 Å². The number of ketones is 1. The molecule has 0 N–H and O–H groups in total. The number of Topliss-reactive ketones (excluding diaryl/α,β-unsaturated/α-hetero) is 1. The zero-order valence-electron chi connectivity index (χ0n) is 15.3. The van der Waals surface area contributed by atoms with E-state index < -0.39 is 0 Å². The van der Waals surface area contributed by atoms with E-state index in [0.29, 0.717) is 17.4 Å². The van der Waals surface area contributed by atoms with Crippen LogP contribution in [0.2, 0.25) is 0 Å². The first-order chi connectivity index (χ1) is 11.4. The van der Waals surface area contributed by atoms with E-state index >= 15 is 0 Å². The van der Waals surface area contributed by atoms with E-state index in [1.165, 1.54) is 0 Å². The summed E-state index contributed by atoms with van der Waals surface area (Å²) >= 11 is 0. The maximum absolute atomic E-state index is 12.6. The number of carbonyl (C=O) groups is 1. The van der Waals surface area contributed by atoms with Crippen molar-refractivity contribution in [2.75, 3.05) is 13.7 Å². The summed E-state index contributed by atoms with van der Waals surface area (Å²) in [6.45, 7) is 9.42. The molecular weight excluding hydrogens is 302 g/mol. The lowest BCUT2D eigenvalue weighted by atomic mass is 10.1. The predicted octanol–water partition coefficient (Wildman–Crippen LogP) is 4.42. The molecule has 1 heterocycles. The van der Waals surface area contributed by atoms with Gasteiger partial charge in [-0.05, 0) is 44.4 Å². The maximum atomic E-state index is 12.6. The topological polar surface area (TPSA) is 40.5 Å². The molecule has 0 amide bonds. The molecule has 0 aliphatic carbocycles. The fourth-order valence-corrected chi connectivity index (χ4v) is 2.77. The van der Waals surface area contributed by atoms with Crippen molar-refractivity contribution in [3.8, 4) is 11.5 Å². The van der Waals surface area contributed by atoms with E-state index in [1.54, 1.807) is 13.2 Å². The third kappa shape index (κ3) is 4.19. The molecule has 0 saturated heterocycles. The zero-order chi connectivity index (χ0) is 17.7. The van der Waals surface area contributed by atoms with Crippen molar-refractivity contribution < 1.29 is 14.3 Å². The summed E-state index contributed by atoms with van der Waals surface area (Å²) in [5.41, 5.74) is 2.88. The van der Waals surface area contributed by atoms with Gasteiger partial charge in [0.2, 0.25) is 5.78 Å². The van der Waals surface area contributed by atoms with E-state index in [-0.39, 0.29) is 12.4 Å². The first kappa shape index (κ1) is 18.1. The Kier molecular flexibility index (Phi) is 6.07. The number of hydrogen-bond acceptors (Lipinski definition) is 3. The molecule has 1 aromatic carbocycles. The van der Waals surface area contributed by atoms with Gasteiger partial charge in [-0.1, -0.05) is 26.0 Å². The largest absolute Gasteiger partial charge is 0.493 e. The van der Waals surface area contributed by atoms with Gasteiger partial charge in [0.1, 0.15) is 0 Å². The summed E-state index contributed by atoms with van der Waals surface area (Å²) in [6.07, 6.45) is 1.10. The molecule has 0 saturated carbocycles. The zero-order valence-corrected chi connectivity index (χ0v) is 15.3. The molecule has 2 aromatic rings. The lowest BCUT2D eigenvalue weighted by molar-refractivity contribution is 0.0918. The Hall–Kier alpha value is -2.23. The molecule has 0 atom stereocenters. The normalized spacial score (nSPS) is 10.9. The van der Waals surface area contributed by atoms with Gasteiger partial charge in [0.15, 0.2) is 18.1 Å². The fraction of sp³-hybridized carbons (Fsp3) is 0.450. The van der Waals surface area contributed by atoms with Gasteiger partial charge in [-0.15, -0.1) is 0 Å². The van der Waals surface area contributed by atoms with Gasteiger partial charge < -0.3 is 14.0 Å². The number of hydrogen-bond donors (Lipinski definition) is 0. The first-order valence-electron chi connectivity index (χ1n) is 8.39. The Morgan fingerprint density at radius 2 is 1.83 bits per heavy atom. The molecule has 0 radical (unpaired) electrons. The number of carbonyl (C=O) groups excluding carboxylic acids is 1. The predicted molar refractivity (Wildman–Crippen MR) is 96.2 cm³/mol. The second-order valence-corrected chi connectivity index (χ2v) is 6.48. The minimum atomic E-state index is -0.00944. The van der Waals surface area contributed by atoms with Crippen LogP contribution >= 0.6 is 0 Å². The lowest BCUT2D eigenvalue weighted by Gasteiger charge is -2.12. The number of methoxy groups -OCH3 is 1. The molecule has 130 valence electrons. The number of aromatic nitrogens is 1. The molecular formula is C20H27NO3. The second-order valence-electron chi connectivity index (χ2n) is 6.48. The molecule has 1 aromatic heterocycles. The minimum absolute atomic E-state index is 0.00878. The summed E-state index contributed by atoms with van der Waals surface area (Å²) in [7, 11) is 1.59. The molecule has 0 aliphatic rings. The Morgan fingerprint density at radius 3 is 2.46 bits per heavy atom. The van der Waals surface area contributed by atoms with Crippen molar-refractivity contribution in [1.82, 2.24) is 4.57 Å². The van der Waals surface area contributed by atoms with Crippen molar-refractivity contribution in [2.45, 2.75) is 40.7 Å². The summed E-state index contributed by atoms with van der Waals surface area (Å²) in [5, 5.41) is 0. The number of rotatable bonds is 8. The van der Waals surface area contributed by atoms with Gasteiger partial charge >= 0.3 is 0 Å². The SMILES string of the molecule is COc1ccccc1OCC(=O)c1cc(C)n(CCC(C)C)c1C. The highest BCUT2D eigenvalue weighted by atomic mass is 16.5. The fourth-order valence-electron chi connectivity index (χ4n) is 2.77. The Morgan fingerprint density at radius 1 is 1.17 bits per heavy atom. The van der Waals surface area contributed by atoms with Crippen LogP contribution in [0.1, 0.15) is 42.0 Å². The van der Waals surface area contributed by atoms with Gasteiger partial charge in [-0.2, -0.15) is 0 Å². The van der Waals surface area contributed by atoms with Gasteiger partial charge in [0.05, 0.1) is 7.11 Å². The molecule has 4 nitrogen and oxygen atoms in total. The van der Waals surface area contributed by atoms with Gasteiger partial charge in [0, 0.05) is 23.5 Å². The quantitative estimate of drug-likeness (QED) is 0.673. The van der Waals surface area contributed by atoms with Gasteiger partial charge in [-0.3, -0.25) is 4.79 Å². The maximum Gasteiger partial charge on any atom is 0.202 e. The molecule has 2 rings (SSSR count). The number of para-hydroxylation sites is 2. The third-order valence-corrected chi connectivity index (χ3v) is 4.23. The van der Waals surface area contributed by atoms with Gasteiger partial charge in [-0.25, -0.2) is 0 Å². The summed E-state index contributed by atoms with van der Waals surface area (Å²) in [6, 6.07) is 9.31. The molecule has 0 spiro atoms. The first-order valence-corrected chi connectivity index (χ1v) is 8.39.